The lowest BCUT2D eigenvalue weighted by molar-refractivity contribution is -0.127. The first kappa shape index (κ1) is 13.6. The third kappa shape index (κ3) is 3.16. The van der Waals surface area contributed by atoms with Gasteiger partial charge in [-0.3, -0.25) is 9.59 Å². The molecule has 1 aliphatic heterocycles. The van der Waals surface area contributed by atoms with Crippen LogP contribution in [0.1, 0.15) is 43.5 Å². The molecule has 0 spiro atoms. The number of nitrogens with one attached hydrogen (secondary N) is 1. The average Bonchev–Trinajstić information content (AvgIpc) is 2.91. The zero-order valence-electron chi connectivity index (χ0n) is 11.4. The van der Waals surface area contributed by atoms with Crippen LogP contribution in [0.15, 0.2) is 23.0 Å². The number of hydrogen-bond acceptors (Lipinski definition) is 3. The molecule has 104 valence electrons. The Labute approximate surface area is 113 Å². The molecule has 0 saturated carbocycles. The number of carbonyl (C=O) groups is 2. The number of rotatable bonds is 3. The number of likely N-dealkylation sites (tertiary alicyclic amines) is 1. The Hall–Kier alpha value is -1.78. The fourth-order valence-corrected chi connectivity index (χ4v) is 2.38. The maximum atomic E-state index is 12.3. The van der Waals surface area contributed by atoms with Crippen LogP contribution in [-0.2, 0) is 4.79 Å². The van der Waals surface area contributed by atoms with Crippen molar-refractivity contribution < 1.29 is 14.0 Å². The van der Waals surface area contributed by atoms with E-state index in [-0.39, 0.29) is 23.9 Å². The Bertz CT molecular complexity index is 440. The Kier molecular flexibility index (Phi) is 4.24. The Morgan fingerprint density at radius 1 is 1.42 bits per heavy atom. The Morgan fingerprint density at radius 3 is 2.84 bits per heavy atom. The largest absolute Gasteiger partial charge is 0.472 e. The SMILES string of the molecule is CC(C)NC(=O)[C@@H]1CCCCN1C(=O)c1ccoc1. The van der Waals surface area contributed by atoms with Gasteiger partial charge in [-0.25, -0.2) is 0 Å². The normalized spacial score (nSPS) is 19.5. The van der Waals surface area contributed by atoms with E-state index in [0.717, 1.165) is 19.3 Å². The van der Waals surface area contributed by atoms with Crippen LogP contribution in [0.4, 0.5) is 0 Å². The fourth-order valence-electron chi connectivity index (χ4n) is 2.38. The summed E-state index contributed by atoms with van der Waals surface area (Å²) in [6.45, 7) is 4.46. The lowest BCUT2D eigenvalue weighted by atomic mass is 10.00. The van der Waals surface area contributed by atoms with Crippen LogP contribution in [0, 0.1) is 0 Å². The molecule has 1 aromatic heterocycles. The second-order valence-electron chi connectivity index (χ2n) is 5.19. The molecule has 0 radical (unpaired) electrons. The van der Waals surface area contributed by atoms with E-state index in [0.29, 0.717) is 12.1 Å². The van der Waals surface area contributed by atoms with Crippen molar-refractivity contribution in [1.82, 2.24) is 10.2 Å². The van der Waals surface area contributed by atoms with Crippen molar-refractivity contribution in [3.05, 3.63) is 24.2 Å². The van der Waals surface area contributed by atoms with E-state index in [1.54, 1.807) is 11.0 Å². The molecule has 19 heavy (non-hydrogen) atoms. The van der Waals surface area contributed by atoms with Gasteiger partial charge in [-0.15, -0.1) is 0 Å². The lowest BCUT2D eigenvalue weighted by Crippen LogP contribution is -2.53. The number of amides is 2. The average molecular weight is 264 g/mol. The van der Waals surface area contributed by atoms with Gasteiger partial charge >= 0.3 is 0 Å². The molecule has 2 heterocycles. The minimum Gasteiger partial charge on any atom is -0.472 e. The molecule has 1 N–H and O–H groups in total. The second-order valence-corrected chi connectivity index (χ2v) is 5.19. The van der Waals surface area contributed by atoms with Crippen LogP contribution in [0.3, 0.4) is 0 Å². The van der Waals surface area contributed by atoms with Gasteiger partial charge in [0.1, 0.15) is 12.3 Å². The number of furan rings is 1. The van der Waals surface area contributed by atoms with E-state index >= 15 is 0 Å². The summed E-state index contributed by atoms with van der Waals surface area (Å²) in [5, 5.41) is 2.89. The first-order valence-corrected chi connectivity index (χ1v) is 6.73. The van der Waals surface area contributed by atoms with Gasteiger partial charge < -0.3 is 14.6 Å². The zero-order valence-corrected chi connectivity index (χ0v) is 11.4. The fraction of sp³-hybridized carbons (Fsp3) is 0.571. The molecule has 0 unspecified atom stereocenters. The maximum absolute atomic E-state index is 12.3. The van der Waals surface area contributed by atoms with Gasteiger partial charge in [0, 0.05) is 12.6 Å². The highest BCUT2D eigenvalue weighted by atomic mass is 16.3. The lowest BCUT2D eigenvalue weighted by Gasteiger charge is -2.34. The highest BCUT2D eigenvalue weighted by Gasteiger charge is 2.33. The molecule has 1 atom stereocenters. The van der Waals surface area contributed by atoms with Gasteiger partial charge in [0.15, 0.2) is 0 Å². The van der Waals surface area contributed by atoms with Crippen LogP contribution in [-0.4, -0.2) is 35.3 Å². The van der Waals surface area contributed by atoms with E-state index in [9.17, 15) is 9.59 Å². The summed E-state index contributed by atoms with van der Waals surface area (Å²) in [5.74, 6) is -0.191. The summed E-state index contributed by atoms with van der Waals surface area (Å²) in [6.07, 6.45) is 5.54. The van der Waals surface area contributed by atoms with Crippen LogP contribution < -0.4 is 5.32 Å². The van der Waals surface area contributed by atoms with Crippen molar-refractivity contribution >= 4 is 11.8 Å². The van der Waals surface area contributed by atoms with E-state index in [1.165, 1.54) is 12.5 Å². The summed E-state index contributed by atoms with van der Waals surface area (Å²) in [5.41, 5.74) is 0.504. The van der Waals surface area contributed by atoms with Gasteiger partial charge in [-0.1, -0.05) is 0 Å². The highest BCUT2D eigenvalue weighted by Crippen LogP contribution is 2.20. The minimum absolute atomic E-state index is 0.0634. The number of nitrogens with zero attached hydrogens (tertiary/aromatic N) is 1. The maximum Gasteiger partial charge on any atom is 0.257 e. The summed E-state index contributed by atoms with van der Waals surface area (Å²) in [4.78, 5) is 26.2. The van der Waals surface area contributed by atoms with E-state index < -0.39 is 0 Å². The van der Waals surface area contributed by atoms with Crippen LogP contribution in [0.2, 0.25) is 0 Å². The molecule has 2 rings (SSSR count). The topological polar surface area (TPSA) is 62.6 Å². The summed E-state index contributed by atoms with van der Waals surface area (Å²) in [7, 11) is 0. The van der Waals surface area contributed by atoms with Crippen molar-refractivity contribution in [2.24, 2.45) is 0 Å². The zero-order chi connectivity index (χ0) is 13.8. The third-order valence-corrected chi connectivity index (χ3v) is 3.27. The van der Waals surface area contributed by atoms with Gasteiger partial charge in [0.05, 0.1) is 11.8 Å². The molecule has 0 bridgehead atoms. The first-order valence-electron chi connectivity index (χ1n) is 6.73. The first-order chi connectivity index (χ1) is 9.09. The van der Waals surface area contributed by atoms with Crippen molar-refractivity contribution in [3.63, 3.8) is 0 Å². The van der Waals surface area contributed by atoms with E-state index in [4.69, 9.17) is 4.42 Å². The Morgan fingerprint density at radius 2 is 2.21 bits per heavy atom. The quantitative estimate of drug-likeness (QED) is 0.905. The van der Waals surface area contributed by atoms with Crippen molar-refractivity contribution in [1.29, 1.82) is 0 Å². The van der Waals surface area contributed by atoms with E-state index in [1.807, 2.05) is 13.8 Å². The third-order valence-electron chi connectivity index (χ3n) is 3.27. The van der Waals surface area contributed by atoms with Crippen molar-refractivity contribution in [2.75, 3.05) is 6.54 Å². The number of piperidine rings is 1. The molecule has 1 saturated heterocycles. The summed E-state index contributed by atoms with van der Waals surface area (Å²) < 4.78 is 4.94. The molecule has 0 aliphatic carbocycles. The Balaban J connectivity index is 2.12. The van der Waals surface area contributed by atoms with Crippen LogP contribution in [0.25, 0.3) is 0 Å². The number of hydrogen-bond donors (Lipinski definition) is 1. The predicted molar refractivity (Wildman–Crippen MR) is 70.7 cm³/mol. The van der Waals surface area contributed by atoms with Crippen LogP contribution >= 0.6 is 0 Å². The molecule has 0 aromatic carbocycles. The molecule has 1 aromatic rings. The van der Waals surface area contributed by atoms with Gasteiger partial charge in [-0.2, -0.15) is 0 Å². The minimum atomic E-state index is -0.362. The van der Waals surface area contributed by atoms with Crippen LogP contribution in [0.5, 0.6) is 0 Å². The van der Waals surface area contributed by atoms with Gasteiger partial charge in [-0.05, 0) is 39.2 Å². The molecular weight excluding hydrogens is 244 g/mol. The molecule has 5 heteroatoms. The standard InChI is InChI=1S/C14H20N2O3/c1-10(2)15-13(17)12-5-3-4-7-16(12)14(18)11-6-8-19-9-11/h6,8-10,12H,3-5,7H2,1-2H3,(H,15,17)/t12-/m0/s1. The summed E-state index contributed by atoms with van der Waals surface area (Å²) in [6, 6.07) is 1.35. The van der Waals surface area contributed by atoms with Crippen molar-refractivity contribution in [2.45, 2.75) is 45.2 Å². The molecule has 5 nitrogen and oxygen atoms in total. The summed E-state index contributed by atoms with van der Waals surface area (Å²) >= 11 is 0. The van der Waals surface area contributed by atoms with Gasteiger partial charge in [0.2, 0.25) is 5.91 Å². The molecular formula is C14H20N2O3. The highest BCUT2D eigenvalue weighted by molar-refractivity contribution is 5.97. The second kappa shape index (κ2) is 5.91. The smallest absolute Gasteiger partial charge is 0.257 e. The molecule has 2 amide bonds. The monoisotopic (exact) mass is 264 g/mol. The predicted octanol–water partition coefficient (Wildman–Crippen LogP) is 1.80. The van der Waals surface area contributed by atoms with Crippen molar-refractivity contribution in [3.8, 4) is 0 Å². The molecule has 1 fully saturated rings. The number of carbonyl (C=O) groups excluding carboxylic acids is 2. The van der Waals surface area contributed by atoms with E-state index in [2.05, 4.69) is 5.32 Å². The molecule has 1 aliphatic rings. The van der Waals surface area contributed by atoms with Gasteiger partial charge in [0.25, 0.3) is 5.91 Å².